The molecule has 4 heteroatoms. The quantitative estimate of drug-likeness (QED) is 0.787. The number of carbonyl (C=O) groups excluding carboxylic acids is 2. The molecule has 2 aliphatic heterocycles. The minimum Gasteiger partial charge on any atom is -0.342 e. The van der Waals surface area contributed by atoms with Gasteiger partial charge in [0.2, 0.25) is 11.8 Å². The maximum Gasteiger partial charge on any atom is 0.225 e. The Bertz CT molecular complexity index is 409. The summed E-state index contributed by atoms with van der Waals surface area (Å²) < 4.78 is 0. The Morgan fingerprint density at radius 2 is 1.23 bits per heavy atom. The van der Waals surface area contributed by atoms with Gasteiger partial charge in [-0.05, 0) is 57.3 Å². The molecular formula is C18H30N2O2. The van der Waals surface area contributed by atoms with Gasteiger partial charge in [0.15, 0.2) is 0 Å². The van der Waals surface area contributed by atoms with E-state index in [1.807, 2.05) is 4.90 Å². The first-order chi connectivity index (χ1) is 10.6. The van der Waals surface area contributed by atoms with Crippen molar-refractivity contribution in [1.82, 2.24) is 9.80 Å². The Labute approximate surface area is 134 Å². The SMILES string of the molecule is CC1CCCN(C(=O)C2CCC(C(=O)N3CCCC3)CC2)C1. The van der Waals surface area contributed by atoms with E-state index in [1.54, 1.807) is 0 Å². The monoisotopic (exact) mass is 306 g/mol. The predicted octanol–water partition coefficient (Wildman–Crippen LogP) is 2.67. The third-order valence-electron chi connectivity index (χ3n) is 5.81. The summed E-state index contributed by atoms with van der Waals surface area (Å²) in [6.45, 7) is 6.01. The smallest absolute Gasteiger partial charge is 0.225 e. The number of hydrogen-bond donors (Lipinski definition) is 0. The molecule has 4 nitrogen and oxygen atoms in total. The van der Waals surface area contributed by atoms with Crippen LogP contribution in [0.3, 0.4) is 0 Å². The lowest BCUT2D eigenvalue weighted by Gasteiger charge is -2.36. The van der Waals surface area contributed by atoms with Crippen LogP contribution in [0.4, 0.5) is 0 Å². The largest absolute Gasteiger partial charge is 0.342 e. The normalized spacial score (nSPS) is 33.0. The van der Waals surface area contributed by atoms with Crippen molar-refractivity contribution in [1.29, 1.82) is 0 Å². The first-order valence-electron chi connectivity index (χ1n) is 9.22. The van der Waals surface area contributed by atoms with E-state index in [-0.39, 0.29) is 11.8 Å². The summed E-state index contributed by atoms with van der Waals surface area (Å²) in [5.41, 5.74) is 0. The lowest BCUT2D eigenvalue weighted by molar-refractivity contribution is -0.142. The maximum absolute atomic E-state index is 12.7. The van der Waals surface area contributed by atoms with E-state index >= 15 is 0 Å². The Kier molecular flexibility index (Phi) is 5.04. The molecule has 22 heavy (non-hydrogen) atoms. The molecule has 0 spiro atoms. The molecule has 0 radical (unpaired) electrons. The van der Waals surface area contributed by atoms with E-state index in [0.29, 0.717) is 17.7 Å². The van der Waals surface area contributed by atoms with Crippen LogP contribution in [0.25, 0.3) is 0 Å². The Morgan fingerprint density at radius 1 is 0.727 bits per heavy atom. The third-order valence-corrected chi connectivity index (χ3v) is 5.81. The van der Waals surface area contributed by atoms with Gasteiger partial charge in [-0.2, -0.15) is 0 Å². The fourth-order valence-electron chi connectivity index (χ4n) is 4.43. The van der Waals surface area contributed by atoms with Gasteiger partial charge in [-0.1, -0.05) is 6.92 Å². The highest BCUT2D eigenvalue weighted by Crippen LogP contribution is 2.32. The molecule has 1 saturated carbocycles. The molecule has 0 bridgehead atoms. The zero-order chi connectivity index (χ0) is 15.5. The van der Waals surface area contributed by atoms with E-state index in [9.17, 15) is 9.59 Å². The summed E-state index contributed by atoms with van der Waals surface area (Å²) in [5.74, 6) is 1.72. The average Bonchev–Trinajstić information content (AvgIpc) is 3.08. The first kappa shape index (κ1) is 15.8. The molecule has 1 unspecified atom stereocenters. The molecule has 3 rings (SSSR count). The molecule has 0 aromatic heterocycles. The van der Waals surface area contributed by atoms with Crippen LogP contribution >= 0.6 is 0 Å². The fraction of sp³-hybridized carbons (Fsp3) is 0.889. The van der Waals surface area contributed by atoms with Crippen LogP contribution in [-0.2, 0) is 9.59 Å². The minimum absolute atomic E-state index is 0.174. The summed E-state index contributed by atoms with van der Waals surface area (Å²) in [7, 11) is 0. The molecule has 124 valence electrons. The summed E-state index contributed by atoms with van der Waals surface area (Å²) in [6.07, 6.45) is 8.36. The Balaban J connectivity index is 1.48. The molecule has 0 aromatic rings. The number of hydrogen-bond acceptors (Lipinski definition) is 2. The van der Waals surface area contributed by atoms with E-state index in [0.717, 1.165) is 71.1 Å². The zero-order valence-corrected chi connectivity index (χ0v) is 13.9. The second kappa shape index (κ2) is 7.01. The summed E-state index contributed by atoms with van der Waals surface area (Å²) in [4.78, 5) is 29.2. The molecule has 3 aliphatic rings. The van der Waals surface area contributed by atoms with Gasteiger partial charge < -0.3 is 9.80 Å². The number of nitrogens with zero attached hydrogens (tertiary/aromatic N) is 2. The number of likely N-dealkylation sites (tertiary alicyclic amines) is 2. The molecule has 3 fully saturated rings. The van der Waals surface area contributed by atoms with Gasteiger partial charge in [-0.3, -0.25) is 9.59 Å². The highest BCUT2D eigenvalue weighted by molar-refractivity contribution is 5.81. The van der Waals surface area contributed by atoms with Crippen LogP contribution in [0.5, 0.6) is 0 Å². The average molecular weight is 306 g/mol. The van der Waals surface area contributed by atoms with Crippen molar-refractivity contribution >= 4 is 11.8 Å². The van der Waals surface area contributed by atoms with Crippen molar-refractivity contribution in [3.63, 3.8) is 0 Å². The van der Waals surface area contributed by atoms with E-state index in [1.165, 1.54) is 6.42 Å². The minimum atomic E-state index is 0.174. The summed E-state index contributed by atoms with van der Waals surface area (Å²) >= 11 is 0. The van der Waals surface area contributed by atoms with Gasteiger partial charge in [0.1, 0.15) is 0 Å². The standard InChI is InChI=1S/C18H30N2O2/c1-14-5-4-12-20(13-14)18(22)16-8-6-15(7-9-16)17(21)19-10-2-3-11-19/h14-16H,2-13H2,1H3. The van der Waals surface area contributed by atoms with Crippen molar-refractivity contribution in [2.45, 2.75) is 58.3 Å². The highest BCUT2D eigenvalue weighted by Gasteiger charge is 2.35. The molecule has 0 aromatic carbocycles. The van der Waals surface area contributed by atoms with Gasteiger partial charge in [-0.15, -0.1) is 0 Å². The van der Waals surface area contributed by atoms with Crippen LogP contribution in [0, 0.1) is 17.8 Å². The van der Waals surface area contributed by atoms with Gasteiger partial charge in [-0.25, -0.2) is 0 Å². The molecule has 2 saturated heterocycles. The van der Waals surface area contributed by atoms with Crippen molar-refractivity contribution in [2.24, 2.45) is 17.8 Å². The highest BCUT2D eigenvalue weighted by atomic mass is 16.2. The second-order valence-corrected chi connectivity index (χ2v) is 7.61. The molecular weight excluding hydrogens is 276 g/mol. The zero-order valence-electron chi connectivity index (χ0n) is 13.9. The lowest BCUT2D eigenvalue weighted by atomic mass is 9.80. The molecule has 2 heterocycles. The van der Waals surface area contributed by atoms with Gasteiger partial charge in [0, 0.05) is 38.0 Å². The molecule has 1 atom stereocenters. The van der Waals surface area contributed by atoms with Crippen LogP contribution in [0.1, 0.15) is 58.3 Å². The Hall–Kier alpha value is -1.06. The number of amides is 2. The van der Waals surface area contributed by atoms with Crippen LogP contribution in [0.15, 0.2) is 0 Å². The van der Waals surface area contributed by atoms with E-state index in [4.69, 9.17) is 0 Å². The fourth-order valence-corrected chi connectivity index (χ4v) is 4.43. The maximum atomic E-state index is 12.7. The van der Waals surface area contributed by atoms with Crippen molar-refractivity contribution in [2.75, 3.05) is 26.2 Å². The Morgan fingerprint density at radius 3 is 1.77 bits per heavy atom. The lowest BCUT2D eigenvalue weighted by Crippen LogP contribution is -2.44. The molecule has 1 aliphatic carbocycles. The van der Waals surface area contributed by atoms with Gasteiger partial charge in [0.25, 0.3) is 0 Å². The van der Waals surface area contributed by atoms with Crippen LogP contribution < -0.4 is 0 Å². The first-order valence-corrected chi connectivity index (χ1v) is 9.22. The number of carbonyl (C=O) groups is 2. The van der Waals surface area contributed by atoms with E-state index < -0.39 is 0 Å². The molecule has 0 N–H and O–H groups in total. The van der Waals surface area contributed by atoms with Crippen molar-refractivity contribution in [3.05, 3.63) is 0 Å². The van der Waals surface area contributed by atoms with E-state index in [2.05, 4.69) is 11.8 Å². The number of piperidine rings is 1. The van der Waals surface area contributed by atoms with Gasteiger partial charge >= 0.3 is 0 Å². The topological polar surface area (TPSA) is 40.6 Å². The van der Waals surface area contributed by atoms with Crippen LogP contribution in [-0.4, -0.2) is 47.8 Å². The van der Waals surface area contributed by atoms with Crippen molar-refractivity contribution < 1.29 is 9.59 Å². The van der Waals surface area contributed by atoms with Gasteiger partial charge in [0.05, 0.1) is 0 Å². The number of rotatable bonds is 2. The van der Waals surface area contributed by atoms with Crippen molar-refractivity contribution in [3.8, 4) is 0 Å². The molecule has 2 amide bonds. The third kappa shape index (κ3) is 3.47. The summed E-state index contributed by atoms with van der Waals surface area (Å²) in [5, 5.41) is 0. The summed E-state index contributed by atoms with van der Waals surface area (Å²) in [6, 6.07) is 0. The predicted molar refractivity (Wildman–Crippen MR) is 86.2 cm³/mol. The second-order valence-electron chi connectivity index (χ2n) is 7.61. The van der Waals surface area contributed by atoms with Crippen LogP contribution in [0.2, 0.25) is 0 Å².